The Morgan fingerprint density at radius 1 is 0.667 bits per heavy atom. The second-order valence-corrected chi connectivity index (χ2v) is 8.57. The molecule has 0 aliphatic rings. The van der Waals surface area contributed by atoms with Crippen LogP contribution in [0.2, 0.25) is 0 Å². The van der Waals surface area contributed by atoms with Gasteiger partial charge in [0.25, 0.3) is 0 Å². The Morgan fingerprint density at radius 2 is 1.18 bits per heavy atom. The van der Waals surface area contributed by atoms with Crippen LogP contribution in [-0.4, -0.2) is 63.1 Å². The van der Waals surface area contributed by atoms with Gasteiger partial charge in [-0.3, -0.25) is 0 Å². The van der Waals surface area contributed by atoms with E-state index in [2.05, 4.69) is 39.0 Å². The molecule has 0 fully saturated rings. The van der Waals surface area contributed by atoms with Gasteiger partial charge in [-0.2, -0.15) is 0 Å². The molecule has 0 unspecified atom stereocenters. The van der Waals surface area contributed by atoms with Crippen LogP contribution < -0.4 is 9.47 Å². The molecule has 0 amide bonds. The van der Waals surface area contributed by atoms with Crippen molar-refractivity contribution < 1.29 is 29.2 Å². The minimum atomic E-state index is -0.00459. The van der Waals surface area contributed by atoms with Crippen LogP contribution in [0.5, 0.6) is 11.5 Å². The number of hydrogen-bond donors (Lipinski definition) is 2. The van der Waals surface area contributed by atoms with E-state index < -0.39 is 0 Å². The SMILES string of the molecule is CCC(C)(C)c1ccc2c(OCCOCCO)c3ccccc3c(OCCOCCO)c2c1. The van der Waals surface area contributed by atoms with E-state index in [1.54, 1.807) is 0 Å². The lowest BCUT2D eigenvalue weighted by atomic mass is 9.81. The fourth-order valence-electron chi connectivity index (χ4n) is 3.77. The Morgan fingerprint density at radius 3 is 1.70 bits per heavy atom. The van der Waals surface area contributed by atoms with Crippen LogP contribution in [0.4, 0.5) is 0 Å². The topological polar surface area (TPSA) is 77.4 Å². The molecule has 3 aromatic carbocycles. The zero-order chi connectivity index (χ0) is 23.7. The molecule has 6 heteroatoms. The third-order valence-electron chi connectivity index (χ3n) is 6.01. The van der Waals surface area contributed by atoms with Crippen molar-refractivity contribution in [2.75, 3.05) is 52.9 Å². The van der Waals surface area contributed by atoms with E-state index >= 15 is 0 Å². The summed E-state index contributed by atoms with van der Waals surface area (Å²) in [5.41, 5.74) is 1.27. The van der Waals surface area contributed by atoms with Gasteiger partial charge in [0.05, 0.1) is 39.6 Å². The first-order valence-electron chi connectivity index (χ1n) is 11.6. The number of ether oxygens (including phenoxy) is 4. The van der Waals surface area contributed by atoms with Gasteiger partial charge in [0, 0.05) is 21.5 Å². The summed E-state index contributed by atoms with van der Waals surface area (Å²) in [4.78, 5) is 0. The molecule has 0 spiro atoms. The molecule has 0 aromatic heterocycles. The standard InChI is InChI=1S/C27H36O6/c1-4-27(2,3)20-9-10-23-24(19-20)26(33-18-16-31-14-12-29)22-8-6-5-7-21(22)25(23)32-17-15-30-13-11-28/h5-10,19,28-29H,4,11-18H2,1-3H3. The molecule has 0 bridgehead atoms. The molecule has 0 heterocycles. The number of benzene rings is 3. The summed E-state index contributed by atoms with van der Waals surface area (Å²) in [5, 5.41) is 21.8. The molecule has 180 valence electrons. The maximum Gasteiger partial charge on any atom is 0.135 e. The highest BCUT2D eigenvalue weighted by atomic mass is 16.5. The fourth-order valence-corrected chi connectivity index (χ4v) is 3.77. The molecule has 0 saturated heterocycles. The van der Waals surface area contributed by atoms with E-state index in [0.29, 0.717) is 39.6 Å². The Bertz CT molecular complexity index is 1030. The van der Waals surface area contributed by atoms with Gasteiger partial charge in [0.2, 0.25) is 0 Å². The molecule has 3 rings (SSSR count). The van der Waals surface area contributed by atoms with Crippen LogP contribution in [-0.2, 0) is 14.9 Å². The summed E-state index contributed by atoms with van der Waals surface area (Å²) in [6.07, 6.45) is 1.02. The average Bonchev–Trinajstić information content (AvgIpc) is 2.84. The van der Waals surface area contributed by atoms with Crippen molar-refractivity contribution in [3.05, 3.63) is 48.0 Å². The molecule has 33 heavy (non-hydrogen) atoms. The van der Waals surface area contributed by atoms with Crippen LogP contribution in [0.15, 0.2) is 42.5 Å². The van der Waals surface area contributed by atoms with Crippen molar-refractivity contribution in [1.29, 1.82) is 0 Å². The van der Waals surface area contributed by atoms with E-state index in [9.17, 15) is 0 Å². The summed E-state index contributed by atoms with van der Waals surface area (Å²) in [6, 6.07) is 14.6. The first kappa shape index (κ1) is 25.2. The Hall–Kier alpha value is -2.38. The van der Waals surface area contributed by atoms with Crippen molar-refractivity contribution in [2.24, 2.45) is 0 Å². The van der Waals surface area contributed by atoms with Gasteiger partial charge in [-0.05, 0) is 23.5 Å². The summed E-state index contributed by atoms with van der Waals surface area (Å²) < 4.78 is 23.3. The zero-order valence-corrected chi connectivity index (χ0v) is 19.9. The van der Waals surface area contributed by atoms with Crippen LogP contribution in [0.1, 0.15) is 32.8 Å². The number of hydrogen-bond acceptors (Lipinski definition) is 6. The van der Waals surface area contributed by atoms with Gasteiger partial charge >= 0.3 is 0 Å². The van der Waals surface area contributed by atoms with Gasteiger partial charge < -0.3 is 29.2 Å². The summed E-state index contributed by atoms with van der Waals surface area (Å²) in [5.74, 6) is 1.61. The van der Waals surface area contributed by atoms with E-state index in [1.807, 2.05) is 24.3 Å². The molecule has 0 saturated carbocycles. The van der Waals surface area contributed by atoms with Crippen molar-refractivity contribution >= 4 is 21.5 Å². The molecular weight excluding hydrogens is 420 g/mol. The van der Waals surface area contributed by atoms with Gasteiger partial charge in [-0.1, -0.05) is 57.2 Å². The van der Waals surface area contributed by atoms with Gasteiger partial charge in [0.15, 0.2) is 0 Å². The predicted octanol–water partition coefficient (Wildman–Crippen LogP) is 4.46. The molecule has 0 aliphatic heterocycles. The van der Waals surface area contributed by atoms with Gasteiger partial charge in [0.1, 0.15) is 24.7 Å². The molecule has 0 radical (unpaired) electrons. The van der Waals surface area contributed by atoms with Crippen LogP contribution in [0, 0.1) is 0 Å². The van der Waals surface area contributed by atoms with Crippen LogP contribution in [0.25, 0.3) is 21.5 Å². The minimum Gasteiger partial charge on any atom is -0.490 e. The lowest BCUT2D eigenvalue weighted by Gasteiger charge is -2.25. The predicted molar refractivity (Wildman–Crippen MR) is 132 cm³/mol. The highest BCUT2D eigenvalue weighted by Crippen LogP contribution is 2.44. The first-order chi connectivity index (χ1) is 16.0. The number of rotatable bonds is 14. The van der Waals surface area contributed by atoms with Gasteiger partial charge in [-0.15, -0.1) is 0 Å². The maximum absolute atomic E-state index is 8.94. The summed E-state index contributed by atoms with van der Waals surface area (Å²) in [6.45, 7) is 8.84. The average molecular weight is 457 g/mol. The lowest BCUT2D eigenvalue weighted by molar-refractivity contribution is 0.0707. The third-order valence-corrected chi connectivity index (χ3v) is 6.01. The second kappa shape index (κ2) is 12.2. The van der Waals surface area contributed by atoms with Crippen LogP contribution >= 0.6 is 0 Å². The summed E-state index contributed by atoms with van der Waals surface area (Å²) >= 11 is 0. The number of fused-ring (bicyclic) bond motifs is 2. The van der Waals surface area contributed by atoms with E-state index in [4.69, 9.17) is 29.2 Å². The largest absolute Gasteiger partial charge is 0.490 e. The third kappa shape index (κ3) is 6.15. The Kier molecular flexibility index (Phi) is 9.32. The van der Waals surface area contributed by atoms with Crippen molar-refractivity contribution in [1.82, 2.24) is 0 Å². The normalized spacial score (nSPS) is 11.9. The second-order valence-electron chi connectivity index (χ2n) is 8.57. The number of aliphatic hydroxyl groups excluding tert-OH is 2. The number of aliphatic hydroxyl groups is 2. The Labute approximate surface area is 196 Å². The van der Waals surface area contributed by atoms with Crippen molar-refractivity contribution in [2.45, 2.75) is 32.6 Å². The first-order valence-corrected chi connectivity index (χ1v) is 11.6. The smallest absolute Gasteiger partial charge is 0.135 e. The summed E-state index contributed by atoms with van der Waals surface area (Å²) in [7, 11) is 0. The molecule has 2 N–H and O–H groups in total. The molecule has 6 nitrogen and oxygen atoms in total. The van der Waals surface area contributed by atoms with Gasteiger partial charge in [-0.25, -0.2) is 0 Å². The quantitative estimate of drug-likeness (QED) is 0.276. The monoisotopic (exact) mass is 456 g/mol. The highest BCUT2D eigenvalue weighted by Gasteiger charge is 2.22. The molecule has 3 aromatic rings. The van der Waals surface area contributed by atoms with Crippen molar-refractivity contribution in [3.63, 3.8) is 0 Å². The zero-order valence-electron chi connectivity index (χ0n) is 19.9. The highest BCUT2D eigenvalue weighted by molar-refractivity contribution is 6.11. The molecular formula is C27H36O6. The minimum absolute atomic E-state index is 0.00406. The van der Waals surface area contributed by atoms with Crippen LogP contribution in [0.3, 0.4) is 0 Å². The molecule has 0 atom stereocenters. The van der Waals surface area contributed by atoms with E-state index in [1.165, 1.54) is 5.56 Å². The van der Waals surface area contributed by atoms with E-state index in [0.717, 1.165) is 39.5 Å². The van der Waals surface area contributed by atoms with Crippen molar-refractivity contribution in [3.8, 4) is 11.5 Å². The maximum atomic E-state index is 8.94. The fraction of sp³-hybridized carbons (Fsp3) is 0.481. The Balaban J connectivity index is 2.08. The lowest BCUT2D eigenvalue weighted by Crippen LogP contribution is -2.15. The molecule has 0 aliphatic carbocycles. The van der Waals surface area contributed by atoms with E-state index in [-0.39, 0.29) is 18.6 Å².